The van der Waals surface area contributed by atoms with Gasteiger partial charge in [-0.25, -0.2) is 4.79 Å². The summed E-state index contributed by atoms with van der Waals surface area (Å²) in [5.74, 6) is -2.22. The molecule has 1 atom stereocenters. The zero-order valence-corrected chi connectivity index (χ0v) is 19.6. The molecule has 7 heteroatoms. The van der Waals surface area contributed by atoms with E-state index in [1.165, 1.54) is 0 Å². The van der Waals surface area contributed by atoms with Gasteiger partial charge in [-0.1, -0.05) is 0 Å². The first kappa shape index (κ1) is 24.0. The fourth-order valence-corrected chi connectivity index (χ4v) is 3.29. The third kappa shape index (κ3) is 6.09. The van der Waals surface area contributed by atoms with Crippen molar-refractivity contribution in [3.8, 4) is 0 Å². The number of ether oxygens (including phenoxy) is 3. The summed E-state index contributed by atoms with van der Waals surface area (Å²) in [6, 6.07) is 0. The van der Waals surface area contributed by atoms with E-state index in [1.807, 2.05) is 20.8 Å². The molecule has 1 aliphatic heterocycles. The molecule has 0 aromatic carbocycles. The molecule has 1 N–H and O–H groups in total. The van der Waals surface area contributed by atoms with Crippen LogP contribution >= 0.6 is 0 Å². The van der Waals surface area contributed by atoms with Gasteiger partial charge in [-0.2, -0.15) is 0 Å². The lowest BCUT2D eigenvalue weighted by Crippen LogP contribution is -2.44. The monoisotopic (exact) mass is 421 g/mol. The second-order valence-corrected chi connectivity index (χ2v) is 10.8. The lowest BCUT2D eigenvalue weighted by Gasteiger charge is -2.36. The van der Waals surface area contributed by atoms with Gasteiger partial charge in [-0.3, -0.25) is 9.59 Å². The van der Waals surface area contributed by atoms with Gasteiger partial charge in [0, 0.05) is 18.4 Å². The summed E-state index contributed by atoms with van der Waals surface area (Å²) in [6.45, 7) is 16.2. The summed E-state index contributed by atoms with van der Waals surface area (Å²) in [5.41, 5.74) is -1.86. The maximum absolute atomic E-state index is 13.3. The lowest BCUT2D eigenvalue weighted by atomic mass is 9.80. The molecule has 168 valence electrons. The third-order valence-electron chi connectivity index (χ3n) is 4.21. The Balaban J connectivity index is 2.67. The van der Waals surface area contributed by atoms with E-state index in [-0.39, 0.29) is 22.8 Å². The molecule has 0 aromatic heterocycles. The first-order valence-electron chi connectivity index (χ1n) is 10.4. The van der Waals surface area contributed by atoms with Crippen LogP contribution in [0.2, 0.25) is 0 Å². The molecule has 0 radical (unpaired) electrons. The molecule has 0 aromatic rings. The molecule has 1 aliphatic carbocycles. The number of hydrogen-bond donors (Lipinski definition) is 1. The summed E-state index contributed by atoms with van der Waals surface area (Å²) < 4.78 is 17.2. The molecular weight excluding hydrogens is 386 g/mol. The number of Topliss-reactive ketones (excluding diaryl/α,β-unsaturated/α-hetero) is 1. The summed E-state index contributed by atoms with van der Waals surface area (Å²) in [5, 5.41) is 3.17. The van der Waals surface area contributed by atoms with Crippen molar-refractivity contribution in [3.05, 3.63) is 22.8 Å². The number of carbonyl (C=O) groups is 3. The van der Waals surface area contributed by atoms with Crippen LogP contribution in [-0.2, 0) is 28.6 Å². The minimum Gasteiger partial charge on any atom is -0.459 e. The highest BCUT2D eigenvalue weighted by Gasteiger charge is 2.47. The van der Waals surface area contributed by atoms with E-state index in [0.29, 0.717) is 25.0 Å². The summed E-state index contributed by atoms with van der Waals surface area (Å²) in [6.07, 6.45) is 1.44. The van der Waals surface area contributed by atoms with Gasteiger partial charge in [0.25, 0.3) is 0 Å². The fourth-order valence-electron chi connectivity index (χ4n) is 3.29. The molecule has 0 saturated heterocycles. The van der Waals surface area contributed by atoms with Crippen molar-refractivity contribution in [1.82, 2.24) is 5.32 Å². The predicted molar refractivity (Wildman–Crippen MR) is 112 cm³/mol. The SMILES string of the molecule is CC(C)(C)NC1=C(C(=O)OC(C)(C)C)C(C(=O)OC(C)(C)C)C2=C(CCCC2=O)O1. The molecule has 0 spiro atoms. The van der Waals surface area contributed by atoms with Crippen LogP contribution < -0.4 is 5.32 Å². The number of ketones is 1. The van der Waals surface area contributed by atoms with E-state index in [9.17, 15) is 14.4 Å². The third-order valence-corrected chi connectivity index (χ3v) is 4.21. The maximum Gasteiger partial charge on any atom is 0.341 e. The average Bonchev–Trinajstić information content (AvgIpc) is 2.48. The van der Waals surface area contributed by atoms with Crippen LogP contribution in [0.4, 0.5) is 0 Å². The Hall–Kier alpha value is -2.31. The number of esters is 2. The normalized spacial score (nSPS) is 20.4. The first-order chi connectivity index (χ1) is 13.5. The predicted octanol–water partition coefficient (Wildman–Crippen LogP) is 3.92. The largest absolute Gasteiger partial charge is 0.459 e. The zero-order chi connectivity index (χ0) is 23.1. The first-order valence-corrected chi connectivity index (χ1v) is 10.4. The number of nitrogens with one attached hydrogen (secondary N) is 1. The number of hydrogen-bond acceptors (Lipinski definition) is 7. The molecule has 1 unspecified atom stereocenters. The van der Waals surface area contributed by atoms with Crippen LogP contribution in [0.25, 0.3) is 0 Å². The highest BCUT2D eigenvalue weighted by atomic mass is 16.6. The number of allylic oxidation sites excluding steroid dienone is 1. The van der Waals surface area contributed by atoms with Gasteiger partial charge in [0.2, 0.25) is 5.88 Å². The Morgan fingerprint density at radius 1 is 0.933 bits per heavy atom. The highest BCUT2D eigenvalue weighted by molar-refractivity contribution is 6.08. The van der Waals surface area contributed by atoms with Crippen molar-refractivity contribution in [2.45, 2.75) is 98.3 Å². The Morgan fingerprint density at radius 3 is 2.00 bits per heavy atom. The van der Waals surface area contributed by atoms with Crippen molar-refractivity contribution < 1.29 is 28.6 Å². The van der Waals surface area contributed by atoms with E-state index >= 15 is 0 Å². The van der Waals surface area contributed by atoms with E-state index < -0.39 is 34.6 Å². The molecule has 0 amide bonds. The minimum atomic E-state index is -1.19. The zero-order valence-electron chi connectivity index (χ0n) is 19.6. The Bertz CT molecular complexity index is 799. The van der Waals surface area contributed by atoms with Crippen LogP contribution in [0.5, 0.6) is 0 Å². The van der Waals surface area contributed by atoms with Crippen molar-refractivity contribution in [3.63, 3.8) is 0 Å². The molecule has 2 rings (SSSR count). The van der Waals surface area contributed by atoms with Crippen molar-refractivity contribution >= 4 is 17.7 Å². The molecular formula is C23H35NO6. The molecule has 1 heterocycles. The number of rotatable bonds is 3. The lowest BCUT2D eigenvalue weighted by molar-refractivity contribution is -0.162. The van der Waals surface area contributed by atoms with Crippen LogP contribution in [0.3, 0.4) is 0 Å². The Labute approximate surface area is 179 Å². The van der Waals surface area contributed by atoms with E-state index in [0.717, 1.165) is 0 Å². The van der Waals surface area contributed by atoms with Crippen molar-refractivity contribution in [2.75, 3.05) is 0 Å². The highest BCUT2D eigenvalue weighted by Crippen LogP contribution is 2.41. The summed E-state index contributed by atoms with van der Waals surface area (Å²) in [4.78, 5) is 39.3. The van der Waals surface area contributed by atoms with E-state index in [1.54, 1.807) is 41.5 Å². The second-order valence-electron chi connectivity index (χ2n) is 10.8. The molecule has 2 aliphatic rings. The van der Waals surface area contributed by atoms with Gasteiger partial charge in [0.15, 0.2) is 5.78 Å². The van der Waals surface area contributed by atoms with Gasteiger partial charge >= 0.3 is 11.9 Å². The molecule has 30 heavy (non-hydrogen) atoms. The average molecular weight is 422 g/mol. The van der Waals surface area contributed by atoms with Crippen LogP contribution in [0.15, 0.2) is 22.8 Å². The topological polar surface area (TPSA) is 90.9 Å². The standard InChI is InChI=1S/C23H35NO6/c1-21(2,3)24-18-17(20(27)30-23(7,8)9)16(19(26)29-22(4,5)6)15-13(25)11-10-12-14(15)28-18/h16,24H,10-12H2,1-9H3. The van der Waals surface area contributed by atoms with Gasteiger partial charge in [-0.05, 0) is 68.7 Å². The summed E-state index contributed by atoms with van der Waals surface area (Å²) in [7, 11) is 0. The van der Waals surface area contributed by atoms with E-state index in [4.69, 9.17) is 14.2 Å². The van der Waals surface area contributed by atoms with Crippen LogP contribution in [0, 0.1) is 5.92 Å². The fraction of sp³-hybridized carbons (Fsp3) is 0.696. The maximum atomic E-state index is 13.3. The van der Waals surface area contributed by atoms with Crippen molar-refractivity contribution in [2.24, 2.45) is 5.92 Å². The minimum absolute atomic E-state index is 0.0249. The Kier molecular flexibility index (Phi) is 6.45. The quantitative estimate of drug-likeness (QED) is 0.691. The van der Waals surface area contributed by atoms with Gasteiger partial charge < -0.3 is 19.5 Å². The molecule has 0 saturated carbocycles. The molecule has 7 nitrogen and oxygen atoms in total. The van der Waals surface area contributed by atoms with Gasteiger partial charge in [0.1, 0.15) is 28.5 Å². The molecule has 0 bridgehead atoms. The molecule has 0 fully saturated rings. The van der Waals surface area contributed by atoms with Crippen LogP contribution in [-0.4, -0.2) is 34.5 Å². The van der Waals surface area contributed by atoms with Crippen molar-refractivity contribution in [1.29, 1.82) is 0 Å². The summed E-state index contributed by atoms with van der Waals surface area (Å²) >= 11 is 0. The van der Waals surface area contributed by atoms with Gasteiger partial charge in [-0.15, -0.1) is 0 Å². The number of carbonyl (C=O) groups excluding carboxylic acids is 3. The van der Waals surface area contributed by atoms with E-state index in [2.05, 4.69) is 5.32 Å². The smallest absolute Gasteiger partial charge is 0.341 e. The second kappa shape index (κ2) is 8.08. The van der Waals surface area contributed by atoms with Crippen LogP contribution in [0.1, 0.15) is 81.6 Å². The Morgan fingerprint density at radius 2 is 1.50 bits per heavy atom. The van der Waals surface area contributed by atoms with Gasteiger partial charge in [0.05, 0.1) is 5.57 Å².